The molecule has 1 heterocycles. The van der Waals surface area contributed by atoms with E-state index < -0.39 is 0 Å². The number of hydrogen-bond donors (Lipinski definition) is 2. The molecule has 3 unspecified atom stereocenters. The summed E-state index contributed by atoms with van der Waals surface area (Å²) in [5.41, 5.74) is 0. The number of amides is 1. The van der Waals surface area contributed by atoms with Crippen LogP contribution in [0.4, 0.5) is 0 Å². The molecule has 1 amide bonds. The lowest BCUT2D eigenvalue weighted by Crippen LogP contribution is -2.32. The van der Waals surface area contributed by atoms with Crippen molar-refractivity contribution >= 4 is 5.91 Å². The molecule has 1 saturated heterocycles. The number of ether oxygens (including phenoxy) is 1. The molecule has 0 saturated carbocycles. The summed E-state index contributed by atoms with van der Waals surface area (Å²) in [7, 11) is 1.52. The van der Waals surface area contributed by atoms with Gasteiger partial charge in [0, 0.05) is 13.0 Å². The van der Waals surface area contributed by atoms with E-state index in [1.807, 2.05) is 6.92 Å². The second kappa shape index (κ2) is 3.87. The zero-order valence-electron chi connectivity index (χ0n) is 7.41. The van der Waals surface area contributed by atoms with E-state index in [9.17, 15) is 4.79 Å². The molecule has 0 aromatic carbocycles. The molecule has 0 bridgehead atoms. The lowest BCUT2D eigenvalue weighted by Gasteiger charge is -2.17. The SMILES string of the molecule is CCC1C(CO)NC(=O)C1OC. The van der Waals surface area contributed by atoms with Crippen molar-refractivity contribution in [2.75, 3.05) is 13.7 Å². The Hall–Kier alpha value is -0.610. The van der Waals surface area contributed by atoms with Gasteiger partial charge < -0.3 is 15.2 Å². The lowest BCUT2D eigenvalue weighted by molar-refractivity contribution is -0.128. The first-order chi connectivity index (χ1) is 5.74. The van der Waals surface area contributed by atoms with E-state index in [1.165, 1.54) is 7.11 Å². The van der Waals surface area contributed by atoms with Crippen LogP contribution < -0.4 is 5.32 Å². The van der Waals surface area contributed by atoms with Crippen LogP contribution >= 0.6 is 0 Å². The molecule has 70 valence electrons. The van der Waals surface area contributed by atoms with Gasteiger partial charge in [-0.2, -0.15) is 0 Å². The number of methoxy groups -OCH3 is 1. The summed E-state index contributed by atoms with van der Waals surface area (Å²) in [6.07, 6.45) is 0.454. The highest BCUT2D eigenvalue weighted by molar-refractivity contribution is 5.84. The minimum absolute atomic E-state index is 0.00981. The topological polar surface area (TPSA) is 58.6 Å². The van der Waals surface area contributed by atoms with Crippen LogP contribution in [0.5, 0.6) is 0 Å². The smallest absolute Gasteiger partial charge is 0.249 e. The van der Waals surface area contributed by atoms with Crippen molar-refractivity contribution in [3.05, 3.63) is 0 Å². The van der Waals surface area contributed by atoms with Crippen LogP contribution in [-0.2, 0) is 9.53 Å². The van der Waals surface area contributed by atoms with Gasteiger partial charge in [0.1, 0.15) is 6.10 Å². The molecule has 0 aliphatic carbocycles. The summed E-state index contributed by atoms with van der Waals surface area (Å²) in [6, 6.07) is -0.132. The molecule has 1 aliphatic rings. The average Bonchev–Trinajstić information content (AvgIpc) is 2.40. The van der Waals surface area contributed by atoms with Crippen LogP contribution in [0.1, 0.15) is 13.3 Å². The monoisotopic (exact) mass is 173 g/mol. The largest absolute Gasteiger partial charge is 0.394 e. The van der Waals surface area contributed by atoms with E-state index in [-0.39, 0.29) is 30.6 Å². The third-order valence-corrected chi connectivity index (χ3v) is 2.41. The first-order valence-corrected chi connectivity index (χ1v) is 4.18. The molecule has 1 rings (SSSR count). The van der Waals surface area contributed by atoms with E-state index in [4.69, 9.17) is 9.84 Å². The van der Waals surface area contributed by atoms with Crippen molar-refractivity contribution in [1.29, 1.82) is 0 Å². The minimum Gasteiger partial charge on any atom is -0.394 e. The van der Waals surface area contributed by atoms with E-state index >= 15 is 0 Å². The Morgan fingerprint density at radius 2 is 2.33 bits per heavy atom. The molecule has 0 aromatic heterocycles. The third-order valence-electron chi connectivity index (χ3n) is 2.41. The molecule has 1 fully saturated rings. The number of hydrogen-bond acceptors (Lipinski definition) is 3. The zero-order valence-corrected chi connectivity index (χ0v) is 7.41. The van der Waals surface area contributed by atoms with Gasteiger partial charge in [-0.15, -0.1) is 0 Å². The number of aliphatic hydroxyl groups is 1. The van der Waals surface area contributed by atoms with Gasteiger partial charge in [-0.25, -0.2) is 0 Å². The van der Waals surface area contributed by atoms with Crippen molar-refractivity contribution < 1.29 is 14.6 Å². The maximum atomic E-state index is 11.2. The number of carbonyl (C=O) groups excluding carboxylic acids is 1. The van der Waals surface area contributed by atoms with Crippen LogP contribution in [0.2, 0.25) is 0 Å². The van der Waals surface area contributed by atoms with E-state index in [2.05, 4.69) is 5.32 Å². The van der Waals surface area contributed by atoms with Gasteiger partial charge in [0.2, 0.25) is 5.91 Å². The molecule has 4 heteroatoms. The predicted molar refractivity (Wildman–Crippen MR) is 43.6 cm³/mol. The second-order valence-electron chi connectivity index (χ2n) is 3.03. The Balaban J connectivity index is 2.68. The van der Waals surface area contributed by atoms with Crippen LogP contribution in [0.25, 0.3) is 0 Å². The van der Waals surface area contributed by atoms with Gasteiger partial charge in [0.05, 0.1) is 12.6 Å². The fourth-order valence-corrected chi connectivity index (χ4v) is 1.74. The van der Waals surface area contributed by atoms with Crippen molar-refractivity contribution in [2.45, 2.75) is 25.5 Å². The highest BCUT2D eigenvalue weighted by Gasteiger charge is 2.40. The van der Waals surface area contributed by atoms with Crippen molar-refractivity contribution in [3.8, 4) is 0 Å². The van der Waals surface area contributed by atoms with Gasteiger partial charge in [-0.3, -0.25) is 4.79 Å². The third kappa shape index (κ3) is 1.44. The molecule has 0 spiro atoms. The lowest BCUT2D eigenvalue weighted by atomic mass is 9.96. The normalized spacial score (nSPS) is 35.2. The van der Waals surface area contributed by atoms with Gasteiger partial charge in [-0.05, 0) is 6.42 Å². The Bertz CT molecular complexity index is 172. The van der Waals surface area contributed by atoms with Gasteiger partial charge >= 0.3 is 0 Å². The Morgan fingerprint density at radius 1 is 1.67 bits per heavy atom. The van der Waals surface area contributed by atoms with Crippen LogP contribution in [0.15, 0.2) is 0 Å². The van der Waals surface area contributed by atoms with Crippen molar-refractivity contribution in [1.82, 2.24) is 5.32 Å². The molecule has 0 radical (unpaired) electrons. The Morgan fingerprint density at radius 3 is 2.75 bits per heavy atom. The summed E-state index contributed by atoms with van der Waals surface area (Å²) in [5.74, 6) is -0.00380. The number of aliphatic hydroxyl groups excluding tert-OH is 1. The van der Waals surface area contributed by atoms with Crippen molar-refractivity contribution in [3.63, 3.8) is 0 Å². The summed E-state index contributed by atoms with van der Waals surface area (Å²) < 4.78 is 5.04. The molecule has 3 atom stereocenters. The molecule has 12 heavy (non-hydrogen) atoms. The van der Waals surface area contributed by atoms with E-state index in [1.54, 1.807) is 0 Å². The Kier molecular flexibility index (Phi) is 3.05. The summed E-state index contributed by atoms with van der Waals surface area (Å²) in [4.78, 5) is 11.2. The summed E-state index contributed by atoms with van der Waals surface area (Å²) in [6.45, 7) is 1.98. The summed E-state index contributed by atoms with van der Waals surface area (Å²) >= 11 is 0. The number of carbonyl (C=O) groups is 1. The van der Waals surface area contributed by atoms with E-state index in [0.717, 1.165) is 6.42 Å². The van der Waals surface area contributed by atoms with Gasteiger partial charge in [-0.1, -0.05) is 6.92 Å². The quantitative estimate of drug-likeness (QED) is 0.606. The van der Waals surface area contributed by atoms with Gasteiger partial charge in [0.15, 0.2) is 0 Å². The summed E-state index contributed by atoms with van der Waals surface area (Å²) in [5, 5.41) is 11.6. The molecule has 4 nitrogen and oxygen atoms in total. The van der Waals surface area contributed by atoms with Crippen LogP contribution in [0, 0.1) is 5.92 Å². The standard InChI is InChI=1S/C8H15NO3/c1-3-5-6(4-10)9-8(11)7(5)12-2/h5-7,10H,3-4H2,1-2H3,(H,9,11). The second-order valence-corrected chi connectivity index (χ2v) is 3.03. The molecule has 0 aromatic rings. The fourth-order valence-electron chi connectivity index (χ4n) is 1.74. The molecular formula is C8H15NO3. The fraction of sp³-hybridized carbons (Fsp3) is 0.875. The Labute approximate surface area is 71.9 Å². The molecule has 2 N–H and O–H groups in total. The minimum atomic E-state index is -0.382. The first-order valence-electron chi connectivity index (χ1n) is 4.18. The first kappa shape index (κ1) is 9.48. The average molecular weight is 173 g/mol. The highest BCUT2D eigenvalue weighted by Crippen LogP contribution is 2.22. The maximum absolute atomic E-state index is 11.2. The molecular weight excluding hydrogens is 158 g/mol. The zero-order chi connectivity index (χ0) is 9.14. The maximum Gasteiger partial charge on any atom is 0.249 e. The molecule has 1 aliphatic heterocycles. The highest BCUT2D eigenvalue weighted by atomic mass is 16.5. The number of nitrogens with one attached hydrogen (secondary N) is 1. The van der Waals surface area contributed by atoms with E-state index in [0.29, 0.717) is 0 Å². The van der Waals surface area contributed by atoms with Crippen molar-refractivity contribution in [2.24, 2.45) is 5.92 Å². The number of rotatable bonds is 3. The predicted octanol–water partition coefficient (Wildman–Crippen LogP) is -0.482. The van der Waals surface area contributed by atoms with Crippen LogP contribution in [-0.4, -0.2) is 36.9 Å². The van der Waals surface area contributed by atoms with Gasteiger partial charge in [0.25, 0.3) is 0 Å². The van der Waals surface area contributed by atoms with Crippen LogP contribution in [0.3, 0.4) is 0 Å².